The second-order valence-corrected chi connectivity index (χ2v) is 4.65. The van der Waals surface area contributed by atoms with Gasteiger partial charge in [0.1, 0.15) is 5.75 Å². The highest BCUT2D eigenvalue weighted by Crippen LogP contribution is 2.24. The van der Waals surface area contributed by atoms with Gasteiger partial charge in [0.05, 0.1) is 17.8 Å². The lowest BCUT2D eigenvalue weighted by Gasteiger charge is -2.08. The molecule has 2 aromatic rings. The molecule has 3 nitrogen and oxygen atoms in total. The number of benzene rings is 2. The Hall–Kier alpha value is -2.00. The third-order valence-corrected chi connectivity index (χ3v) is 3.27. The van der Waals surface area contributed by atoms with Crippen LogP contribution in [-0.2, 0) is 0 Å². The first kappa shape index (κ1) is 13.4. The fourth-order valence-corrected chi connectivity index (χ4v) is 2.02. The minimum atomic E-state index is -0.0814. The minimum Gasteiger partial charge on any atom is -0.497 e. The monoisotopic (exact) mass is 275 g/mol. The molecule has 0 fully saturated rings. The van der Waals surface area contributed by atoms with Crippen molar-refractivity contribution < 1.29 is 9.53 Å². The maximum absolute atomic E-state index is 12.4. The molecule has 4 heteroatoms. The summed E-state index contributed by atoms with van der Waals surface area (Å²) < 4.78 is 5.12. The Kier molecular flexibility index (Phi) is 3.76. The number of carbonyl (C=O) groups excluding carboxylic acids is 1. The van der Waals surface area contributed by atoms with Crippen molar-refractivity contribution in [2.24, 2.45) is 0 Å². The van der Waals surface area contributed by atoms with Crippen LogP contribution in [0.25, 0.3) is 0 Å². The summed E-state index contributed by atoms with van der Waals surface area (Å²) in [5.74, 6) is 0.645. The van der Waals surface area contributed by atoms with Crippen LogP contribution in [0.2, 0.25) is 5.02 Å². The van der Waals surface area contributed by atoms with Gasteiger partial charge < -0.3 is 10.5 Å². The van der Waals surface area contributed by atoms with Crippen molar-refractivity contribution in [3.05, 3.63) is 58.1 Å². The van der Waals surface area contributed by atoms with Crippen molar-refractivity contribution in [1.29, 1.82) is 0 Å². The number of carbonyl (C=O) groups is 1. The molecule has 2 rings (SSSR count). The Morgan fingerprint density at radius 2 is 1.95 bits per heavy atom. The average molecular weight is 276 g/mol. The van der Waals surface area contributed by atoms with E-state index in [2.05, 4.69) is 0 Å². The number of hydrogen-bond acceptors (Lipinski definition) is 3. The van der Waals surface area contributed by atoms with Crippen LogP contribution < -0.4 is 10.5 Å². The van der Waals surface area contributed by atoms with E-state index in [1.165, 1.54) is 0 Å². The maximum atomic E-state index is 12.4. The van der Waals surface area contributed by atoms with E-state index in [-0.39, 0.29) is 5.78 Å². The van der Waals surface area contributed by atoms with Crippen molar-refractivity contribution >= 4 is 23.1 Å². The number of hydrogen-bond donors (Lipinski definition) is 1. The summed E-state index contributed by atoms with van der Waals surface area (Å²) in [4.78, 5) is 12.4. The maximum Gasteiger partial charge on any atom is 0.193 e. The lowest BCUT2D eigenvalue weighted by molar-refractivity contribution is 0.103. The molecule has 2 aromatic carbocycles. The molecular formula is C15H14ClNO2. The molecule has 2 N–H and O–H groups in total. The van der Waals surface area contributed by atoms with E-state index in [0.29, 0.717) is 21.8 Å². The van der Waals surface area contributed by atoms with E-state index in [9.17, 15) is 4.79 Å². The molecule has 0 aliphatic carbocycles. The van der Waals surface area contributed by atoms with Gasteiger partial charge in [0, 0.05) is 11.1 Å². The molecule has 0 saturated carbocycles. The number of aryl methyl sites for hydroxylation is 1. The lowest BCUT2D eigenvalue weighted by Crippen LogP contribution is -2.04. The fraction of sp³-hybridized carbons (Fsp3) is 0.133. The van der Waals surface area contributed by atoms with Gasteiger partial charge in [-0.1, -0.05) is 11.6 Å². The molecule has 0 aromatic heterocycles. The van der Waals surface area contributed by atoms with Crippen molar-refractivity contribution in [1.82, 2.24) is 0 Å². The van der Waals surface area contributed by atoms with Crippen molar-refractivity contribution in [3.63, 3.8) is 0 Å². The summed E-state index contributed by atoms with van der Waals surface area (Å²) in [5, 5.41) is 0.386. The Bertz CT molecular complexity index is 638. The summed E-state index contributed by atoms with van der Waals surface area (Å²) in [5.41, 5.74) is 8.10. The smallest absolute Gasteiger partial charge is 0.193 e. The number of nitrogens with two attached hydrogens (primary N) is 1. The van der Waals surface area contributed by atoms with Gasteiger partial charge in [-0.3, -0.25) is 4.79 Å². The van der Waals surface area contributed by atoms with Crippen LogP contribution in [0.4, 0.5) is 5.69 Å². The summed E-state index contributed by atoms with van der Waals surface area (Å²) in [6.07, 6.45) is 0. The van der Waals surface area contributed by atoms with E-state index < -0.39 is 0 Å². The number of anilines is 1. The van der Waals surface area contributed by atoms with Gasteiger partial charge in [-0.15, -0.1) is 0 Å². The summed E-state index contributed by atoms with van der Waals surface area (Å²) in [6, 6.07) is 10.2. The molecule has 0 atom stereocenters. The number of halogens is 1. The zero-order valence-electron chi connectivity index (χ0n) is 10.7. The molecule has 0 radical (unpaired) electrons. The number of methoxy groups -OCH3 is 1. The van der Waals surface area contributed by atoms with Gasteiger partial charge in [-0.2, -0.15) is 0 Å². The topological polar surface area (TPSA) is 52.3 Å². The zero-order chi connectivity index (χ0) is 14.0. The quantitative estimate of drug-likeness (QED) is 0.689. The predicted molar refractivity (Wildman–Crippen MR) is 77.0 cm³/mol. The Balaban J connectivity index is 2.41. The average Bonchev–Trinajstić information content (AvgIpc) is 2.41. The van der Waals surface area contributed by atoms with Crippen LogP contribution in [0.1, 0.15) is 21.5 Å². The van der Waals surface area contributed by atoms with Crippen LogP contribution >= 0.6 is 11.6 Å². The first-order valence-electron chi connectivity index (χ1n) is 5.77. The number of ketones is 1. The summed E-state index contributed by atoms with van der Waals surface area (Å²) in [7, 11) is 1.59. The Morgan fingerprint density at radius 1 is 1.21 bits per heavy atom. The third kappa shape index (κ3) is 2.71. The molecule has 0 heterocycles. The molecule has 19 heavy (non-hydrogen) atoms. The van der Waals surface area contributed by atoms with Crippen LogP contribution in [-0.4, -0.2) is 12.9 Å². The molecule has 0 aliphatic rings. The normalized spacial score (nSPS) is 10.3. The summed E-state index contributed by atoms with van der Waals surface area (Å²) >= 11 is 5.94. The molecule has 0 aliphatic heterocycles. The van der Waals surface area contributed by atoms with Gasteiger partial charge in [-0.25, -0.2) is 0 Å². The predicted octanol–water partition coefficient (Wildman–Crippen LogP) is 3.47. The Labute approximate surface area is 117 Å². The van der Waals surface area contributed by atoms with Crippen LogP contribution in [0.3, 0.4) is 0 Å². The van der Waals surface area contributed by atoms with Crippen LogP contribution in [0, 0.1) is 6.92 Å². The van der Waals surface area contributed by atoms with Crippen molar-refractivity contribution in [3.8, 4) is 5.75 Å². The van der Waals surface area contributed by atoms with E-state index in [4.69, 9.17) is 22.1 Å². The van der Waals surface area contributed by atoms with E-state index in [1.807, 2.05) is 13.0 Å². The first-order valence-corrected chi connectivity index (χ1v) is 6.15. The standard InChI is InChI=1S/C15H14ClNO2/c1-9-7-11(19-2)4-5-12(9)15(18)10-3-6-14(17)13(16)8-10/h3-8H,17H2,1-2H3. The molecule has 0 amide bonds. The van der Waals surface area contributed by atoms with Crippen molar-refractivity contribution in [2.75, 3.05) is 12.8 Å². The zero-order valence-corrected chi connectivity index (χ0v) is 11.5. The second-order valence-electron chi connectivity index (χ2n) is 4.25. The van der Waals surface area contributed by atoms with E-state index in [1.54, 1.807) is 37.4 Å². The lowest BCUT2D eigenvalue weighted by atomic mass is 9.99. The highest BCUT2D eigenvalue weighted by Gasteiger charge is 2.13. The van der Waals surface area contributed by atoms with Crippen LogP contribution in [0.15, 0.2) is 36.4 Å². The van der Waals surface area contributed by atoms with E-state index >= 15 is 0 Å². The fourth-order valence-electron chi connectivity index (χ4n) is 1.84. The number of rotatable bonds is 3. The molecule has 0 unspecified atom stereocenters. The molecule has 0 saturated heterocycles. The largest absolute Gasteiger partial charge is 0.497 e. The highest BCUT2D eigenvalue weighted by atomic mass is 35.5. The number of nitrogen functional groups attached to an aromatic ring is 1. The highest BCUT2D eigenvalue weighted by molar-refractivity contribution is 6.33. The molecular weight excluding hydrogens is 262 g/mol. The van der Waals surface area contributed by atoms with E-state index in [0.717, 1.165) is 11.3 Å². The van der Waals surface area contributed by atoms with Gasteiger partial charge in [-0.05, 0) is 48.9 Å². The van der Waals surface area contributed by atoms with Gasteiger partial charge in [0.2, 0.25) is 0 Å². The SMILES string of the molecule is COc1ccc(C(=O)c2ccc(N)c(Cl)c2)c(C)c1. The molecule has 98 valence electrons. The molecule has 0 bridgehead atoms. The first-order chi connectivity index (χ1) is 9.02. The van der Waals surface area contributed by atoms with Gasteiger partial charge in [0.25, 0.3) is 0 Å². The third-order valence-electron chi connectivity index (χ3n) is 2.94. The van der Waals surface area contributed by atoms with Gasteiger partial charge >= 0.3 is 0 Å². The Morgan fingerprint density at radius 3 is 2.53 bits per heavy atom. The molecule has 0 spiro atoms. The summed E-state index contributed by atoms with van der Waals surface area (Å²) in [6.45, 7) is 1.87. The number of ether oxygens (including phenoxy) is 1. The van der Waals surface area contributed by atoms with Crippen LogP contribution in [0.5, 0.6) is 5.75 Å². The second kappa shape index (κ2) is 5.33. The van der Waals surface area contributed by atoms with Gasteiger partial charge in [0.15, 0.2) is 5.78 Å². The van der Waals surface area contributed by atoms with Crippen molar-refractivity contribution in [2.45, 2.75) is 6.92 Å². The minimum absolute atomic E-state index is 0.0814.